The van der Waals surface area contributed by atoms with E-state index in [0.717, 1.165) is 7.28 Å². The van der Waals surface area contributed by atoms with E-state index in [4.69, 9.17) is 0 Å². The van der Waals surface area contributed by atoms with Crippen molar-refractivity contribution in [2.75, 3.05) is 0 Å². The van der Waals surface area contributed by atoms with Gasteiger partial charge in [-0.1, -0.05) is 0 Å². The average Bonchev–Trinajstić information content (AvgIpc) is 1.85. The minimum atomic E-state index is -0.230. The van der Waals surface area contributed by atoms with Crippen molar-refractivity contribution in [1.82, 2.24) is 4.90 Å². The summed E-state index contributed by atoms with van der Waals surface area (Å²) in [7, 11) is 1.10. The van der Waals surface area contributed by atoms with Crippen LogP contribution >= 0.6 is 0 Å². The van der Waals surface area contributed by atoms with Gasteiger partial charge in [0.1, 0.15) is 5.68 Å². The van der Waals surface area contributed by atoms with Gasteiger partial charge in [-0.15, -0.1) is 0 Å². The first-order valence-corrected chi connectivity index (χ1v) is 3.50. The number of nitrogens with zero attached hydrogens (tertiary/aromatic N) is 1. The third-order valence-electron chi connectivity index (χ3n) is 1.48. The van der Waals surface area contributed by atoms with Crippen LogP contribution in [-0.4, -0.2) is 29.7 Å². The van der Waals surface area contributed by atoms with Crippen molar-refractivity contribution in [3.8, 4) is 0 Å². The molecule has 0 saturated carbocycles. The summed E-state index contributed by atoms with van der Waals surface area (Å²) in [5.74, 6) is -0.229. The largest absolute Gasteiger partial charge is 0.327 e. The Bertz CT molecular complexity index is 222. The summed E-state index contributed by atoms with van der Waals surface area (Å²) in [6.45, 7) is 3.79. The molecule has 1 aliphatic heterocycles. The Balaban J connectivity index is 2.76. The fourth-order valence-electron chi connectivity index (χ4n) is 0.898. The zero-order valence-corrected chi connectivity index (χ0v) is 6.57. The van der Waals surface area contributed by atoms with Gasteiger partial charge in [0.15, 0.2) is 5.81 Å². The Kier molecular flexibility index (Phi) is 2.12. The fourth-order valence-corrected chi connectivity index (χ4v) is 0.898. The van der Waals surface area contributed by atoms with Crippen molar-refractivity contribution in [3.05, 3.63) is 12.3 Å². The molecule has 0 atom stereocenters. The predicted octanol–water partition coefficient (Wildman–Crippen LogP) is 0.575. The second-order valence-corrected chi connectivity index (χ2v) is 2.70. The van der Waals surface area contributed by atoms with E-state index in [1.165, 1.54) is 17.2 Å². The molecule has 0 N–H and O–H groups in total. The molecule has 57 valence electrons. The van der Waals surface area contributed by atoms with E-state index in [-0.39, 0.29) is 17.5 Å². The summed E-state index contributed by atoms with van der Waals surface area (Å²) in [4.78, 5) is 23.2. The van der Waals surface area contributed by atoms with Gasteiger partial charge >= 0.3 is 7.28 Å². The standard InChI is InChI=1S/C7H9BNO2/c1-5(2)9-4-3-6(10)8-7(9)11/h3-5H,1-2H3. The van der Waals surface area contributed by atoms with E-state index in [9.17, 15) is 9.59 Å². The highest BCUT2D eigenvalue weighted by atomic mass is 16.2. The zero-order chi connectivity index (χ0) is 8.43. The second kappa shape index (κ2) is 2.90. The molecular formula is C7H9BNO2. The van der Waals surface area contributed by atoms with Crippen molar-refractivity contribution < 1.29 is 9.59 Å². The average molecular weight is 150 g/mol. The lowest BCUT2D eigenvalue weighted by Gasteiger charge is -2.24. The molecule has 11 heavy (non-hydrogen) atoms. The second-order valence-electron chi connectivity index (χ2n) is 2.70. The van der Waals surface area contributed by atoms with Gasteiger partial charge < -0.3 is 9.69 Å². The topological polar surface area (TPSA) is 37.4 Å². The number of rotatable bonds is 1. The van der Waals surface area contributed by atoms with Gasteiger partial charge in [-0.2, -0.15) is 0 Å². The number of allylic oxidation sites excluding steroid dienone is 1. The van der Waals surface area contributed by atoms with Crippen LogP contribution in [-0.2, 0) is 4.79 Å². The minimum Gasteiger partial charge on any atom is -0.325 e. The third-order valence-corrected chi connectivity index (χ3v) is 1.48. The Hall–Kier alpha value is -1.06. The van der Waals surface area contributed by atoms with Crippen LogP contribution < -0.4 is 0 Å². The summed E-state index contributed by atoms with van der Waals surface area (Å²) in [5.41, 5.74) is -0.230. The maximum Gasteiger partial charge on any atom is 0.327 e. The molecule has 0 fully saturated rings. The zero-order valence-electron chi connectivity index (χ0n) is 6.57. The quantitative estimate of drug-likeness (QED) is 0.512. The maximum atomic E-state index is 11.0. The number of hydrogen-bond donors (Lipinski definition) is 0. The van der Waals surface area contributed by atoms with Crippen LogP contribution in [0, 0.1) is 0 Å². The normalized spacial score (nSPS) is 17.5. The molecule has 1 aliphatic rings. The molecule has 0 unspecified atom stereocenters. The van der Waals surface area contributed by atoms with E-state index in [2.05, 4.69) is 0 Å². The number of carbonyl (C=O) groups excluding carboxylic acids is 2. The minimum absolute atomic E-state index is 0.114. The third kappa shape index (κ3) is 1.70. The highest BCUT2D eigenvalue weighted by molar-refractivity contribution is 6.98. The molecule has 0 aromatic heterocycles. The lowest BCUT2D eigenvalue weighted by Crippen LogP contribution is -2.40. The van der Waals surface area contributed by atoms with Gasteiger partial charge in [0.2, 0.25) is 0 Å². The molecule has 3 nitrogen and oxygen atoms in total. The molecule has 0 spiro atoms. The van der Waals surface area contributed by atoms with Crippen molar-refractivity contribution in [2.24, 2.45) is 0 Å². The van der Waals surface area contributed by atoms with Crippen LogP contribution in [0.5, 0.6) is 0 Å². The molecule has 1 rings (SSSR count). The summed E-state index contributed by atoms with van der Waals surface area (Å²) in [6.07, 6.45) is 2.91. The highest BCUT2D eigenvalue weighted by Crippen LogP contribution is 2.04. The monoisotopic (exact) mass is 150 g/mol. The summed E-state index contributed by atoms with van der Waals surface area (Å²) < 4.78 is 0. The molecule has 0 aliphatic carbocycles. The van der Waals surface area contributed by atoms with Gasteiger partial charge in [-0.05, 0) is 19.9 Å². The van der Waals surface area contributed by atoms with E-state index < -0.39 is 0 Å². The Labute approximate surface area is 66.3 Å². The van der Waals surface area contributed by atoms with E-state index >= 15 is 0 Å². The number of carbonyl (C=O) groups is 2. The van der Waals surface area contributed by atoms with Crippen LogP contribution in [0.3, 0.4) is 0 Å². The van der Waals surface area contributed by atoms with E-state index in [1.54, 1.807) is 0 Å². The summed E-state index contributed by atoms with van der Waals surface area (Å²) >= 11 is 0. The van der Waals surface area contributed by atoms with Crippen LogP contribution in [0.25, 0.3) is 0 Å². The molecule has 1 heterocycles. The highest BCUT2D eigenvalue weighted by Gasteiger charge is 2.22. The number of hydrogen-bond acceptors (Lipinski definition) is 2. The molecule has 1 radical (unpaired) electrons. The fraction of sp³-hybridized carbons (Fsp3) is 0.429. The lowest BCUT2D eigenvalue weighted by atomic mass is 9.69. The first kappa shape index (κ1) is 8.05. The molecule has 0 aromatic carbocycles. The molecule has 0 saturated heterocycles. The van der Waals surface area contributed by atoms with Crippen molar-refractivity contribution >= 4 is 18.8 Å². The summed E-state index contributed by atoms with van der Waals surface area (Å²) in [6, 6.07) is 0.114. The Morgan fingerprint density at radius 2 is 2.09 bits per heavy atom. The van der Waals surface area contributed by atoms with Gasteiger partial charge in [-0.3, -0.25) is 4.79 Å². The molecule has 0 bridgehead atoms. The molecular weight excluding hydrogens is 141 g/mol. The first-order valence-electron chi connectivity index (χ1n) is 3.50. The summed E-state index contributed by atoms with van der Waals surface area (Å²) in [5, 5.41) is 0. The van der Waals surface area contributed by atoms with Gasteiger partial charge in [-0.25, -0.2) is 0 Å². The first-order chi connectivity index (χ1) is 5.11. The van der Waals surface area contributed by atoms with Crippen LogP contribution in [0.15, 0.2) is 12.3 Å². The van der Waals surface area contributed by atoms with E-state index in [1.807, 2.05) is 13.8 Å². The van der Waals surface area contributed by atoms with Crippen LogP contribution in [0.4, 0.5) is 4.79 Å². The maximum absolute atomic E-state index is 11.0. The van der Waals surface area contributed by atoms with Gasteiger partial charge in [0, 0.05) is 12.2 Å². The lowest BCUT2D eigenvalue weighted by molar-refractivity contribution is -0.108. The molecule has 0 aromatic rings. The van der Waals surface area contributed by atoms with Gasteiger partial charge in [0.25, 0.3) is 0 Å². The van der Waals surface area contributed by atoms with Crippen molar-refractivity contribution in [3.63, 3.8) is 0 Å². The SMILES string of the molecule is CC(C)N1C=CC(=O)[B]C1=O. The van der Waals surface area contributed by atoms with Crippen LogP contribution in [0.1, 0.15) is 13.8 Å². The smallest absolute Gasteiger partial charge is 0.325 e. The van der Waals surface area contributed by atoms with Crippen LogP contribution in [0.2, 0.25) is 0 Å². The van der Waals surface area contributed by atoms with Gasteiger partial charge in [0.05, 0.1) is 0 Å². The van der Waals surface area contributed by atoms with Crippen molar-refractivity contribution in [1.29, 1.82) is 0 Å². The Morgan fingerprint density at radius 1 is 1.45 bits per heavy atom. The number of amides is 1. The molecule has 4 heteroatoms. The van der Waals surface area contributed by atoms with Crippen molar-refractivity contribution in [2.45, 2.75) is 19.9 Å². The predicted molar refractivity (Wildman–Crippen MR) is 42.3 cm³/mol. The Morgan fingerprint density at radius 3 is 2.55 bits per heavy atom. The van der Waals surface area contributed by atoms with E-state index in [0.29, 0.717) is 0 Å². The molecule has 1 amide bonds.